The molecule has 0 saturated heterocycles. The van der Waals surface area contributed by atoms with Crippen molar-refractivity contribution < 1.29 is 0 Å². The number of rotatable bonds is 7. The van der Waals surface area contributed by atoms with Gasteiger partial charge in [0.2, 0.25) is 5.95 Å². The molecule has 0 unspecified atom stereocenters. The van der Waals surface area contributed by atoms with Crippen LogP contribution in [0.3, 0.4) is 0 Å². The third kappa shape index (κ3) is 4.10. The maximum atomic E-state index is 4.79. The highest BCUT2D eigenvalue weighted by Crippen LogP contribution is 2.27. The average Bonchev–Trinajstić information content (AvgIpc) is 3.48. The van der Waals surface area contributed by atoms with Gasteiger partial charge in [-0.15, -0.1) is 0 Å². The molecule has 4 heterocycles. The monoisotopic (exact) mass is 442 g/mol. The summed E-state index contributed by atoms with van der Waals surface area (Å²) >= 11 is 1.63. The molecule has 0 saturated carbocycles. The van der Waals surface area contributed by atoms with Gasteiger partial charge in [-0.05, 0) is 41.3 Å². The third-order valence-corrected chi connectivity index (χ3v) is 5.65. The SMILES string of the molecule is CN(C)c1cccc(Nc2nc(NCc3cccnc3)c3ncn(-c4ccsc4)c3n2)c1. The van der Waals surface area contributed by atoms with Gasteiger partial charge < -0.3 is 15.5 Å². The Morgan fingerprint density at radius 3 is 2.81 bits per heavy atom. The van der Waals surface area contributed by atoms with Gasteiger partial charge in [0.05, 0.1) is 5.69 Å². The second-order valence-corrected chi connectivity index (χ2v) is 8.23. The fraction of sp³-hybridized carbons (Fsp3) is 0.130. The van der Waals surface area contributed by atoms with E-state index in [-0.39, 0.29) is 0 Å². The van der Waals surface area contributed by atoms with Gasteiger partial charge in [0.25, 0.3) is 0 Å². The molecule has 2 N–H and O–H groups in total. The lowest BCUT2D eigenvalue weighted by Crippen LogP contribution is -2.09. The van der Waals surface area contributed by atoms with Crippen LogP contribution in [-0.2, 0) is 6.54 Å². The first kappa shape index (κ1) is 20.0. The van der Waals surface area contributed by atoms with Gasteiger partial charge in [0, 0.05) is 49.8 Å². The van der Waals surface area contributed by atoms with Crippen LogP contribution in [0.2, 0.25) is 0 Å². The van der Waals surface area contributed by atoms with Crippen molar-refractivity contribution in [3.8, 4) is 5.69 Å². The van der Waals surface area contributed by atoms with Gasteiger partial charge in [-0.1, -0.05) is 12.1 Å². The number of thiophene rings is 1. The van der Waals surface area contributed by atoms with E-state index in [4.69, 9.17) is 9.97 Å². The van der Waals surface area contributed by atoms with E-state index in [1.54, 1.807) is 23.9 Å². The topological polar surface area (TPSA) is 83.8 Å². The number of hydrogen-bond donors (Lipinski definition) is 2. The Morgan fingerprint density at radius 1 is 1.09 bits per heavy atom. The van der Waals surface area contributed by atoms with Crippen LogP contribution in [-0.4, -0.2) is 38.6 Å². The Hall–Kier alpha value is -3.98. The molecule has 32 heavy (non-hydrogen) atoms. The van der Waals surface area contributed by atoms with E-state index in [0.29, 0.717) is 23.8 Å². The number of aromatic nitrogens is 5. The maximum Gasteiger partial charge on any atom is 0.231 e. The molecule has 0 aliphatic heterocycles. The van der Waals surface area contributed by atoms with Gasteiger partial charge in [-0.3, -0.25) is 9.55 Å². The number of hydrogen-bond acceptors (Lipinski definition) is 8. The fourth-order valence-electron chi connectivity index (χ4n) is 3.34. The van der Waals surface area contributed by atoms with Crippen LogP contribution in [0.5, 0.6) is 0 Å². The number of imidazole rings is 1. The summed E-state index contributed by atoms with van der Waals surface area (Å²) in [6.07, 6.45) is 5.38. The van der Waals surface area contributed by atoms with Gasteiger partial charge in [-0.25, -0.2) is 4.98 Å². The predicted octanol–water partition coefficient (Wildman–Crippen LogP) is 4.69. The maximum absolute atomic E-state index is 4.79. The van der Waals surface area contributed by atoms with E-state index < -0.39 is 0 Å². The molecule has 0 bridgehead atoms. The number of nitrogens with one attached hydrogen (secondary N) is 2. The van der Waals surface area contributed by atoms with E-state index in [0.717, 1.165) is 28.3 Å². The summed E-state index contributed by atoms with van der Waals surface area (Å²) in [7, 11) is 4.03. The molecule has 9 heteroatoms. The summed E-state index contributed by atoms with van der Waals surface area (Å²) < 4.78 is 1.98. The molecule has 0 fully saturated rings. The molecule has 1 aromatic carbocycles. The van der Waals surface area contributed by atoms with Gasteiger partial charge in [0.1, 0.15) is 6.33 Å². The summed E-state index contributed by atoms with van der Waals surface area (Å²) in [5.74, 6) is 1.16. The normalized spacial score (nSPS) is 10.9. The number of pyridine rings is 1. The zero-order valence-corrected chi connectivity index (χ0v) is 18.5. The Kier molecular flexibility index (Phi) is 5.39. The van der Waals surface area contributed by atoms with E-state index >= 15 is 0 Å². The smallest absolute Gasteiger partial charge is 0.231 e. The van der Waals surface area contributed by atoms with Crippen LogP contribution in [0.4, 0.5) is 23.1 Å². The van der Waals surface area contributed by atoms with Crippen LogP contribution in [0.15, 0.2) is 71.9 Å². The minimum Gasteiger partial charge on any atom is -0.378 e. The molecule has 5 aromatic rings. The summed E-state index contributed by atoms with van der Waals surface area (Å²) in [5.41, 5.74) is 5.54. The standard InChI is InChI=1S/C23H22N8S/c1-30(2)18-7-3-6-17(11-18)27-23-28-21(25-13-16-5-4-9-24-12-16)20-22(29-23)31(15-26-20)19-8-10-32-14-19/h3-12,14-15H,13H2,1-2H3,(H2,25,27,28,29). The minimum atomic E-state index is 0.499. The predicted molar refractivity (Wildman–Crippen MR) is 130 cm³/mol. The molecule has 5 rings (SSSR count). The molecule has 0 spiro atoms. The van der Waals surface area contributed by atoms with Gasteiger partial charge in [-0.2, -0.15) is 21.3 Å². The molecule has 4 aromatic heterocycles. The quantitative estimate of drug-likeness (QED) is 0.378. The zero-order valence-electron chi connectivity index (χ0n) is 17.7. The second kappa shape index (κ2) is 8.64. The van der Waals surface area contributed by atoms with Crippen LogP contribution in [0, 0.1) is 0 Å². The van der Waals surface area contributed by atoms with Crippen molar-refractivity contribution in [3.05, 3.63) is 77.5 Å². The minimum absolute atomic E-state index is 0.499. The summed E-state index contributed by atoms with van der Waals surface area (Å²) in [4.78, 5) is 20.4. The highest BCUT2D eigenvalue weighted by Gasteiger charge is 2.15. The van der Waals surface area contributed by atoms with Crippen LogP contribution in [0.25, 0.3) is 16.9 Å². The lowest BCUT2D eigenvalue weighted by Gasteiger charge is -2.14. The Balaban J connectivity index is 1.54. The highest BCUT2D eigenvalue weighted by molar-refractivity contribution is 7.08. The molecular weight excluding hydrogens is 420 g/mol. The number of benzene rings is 1. The molecule has 0 atom stereocenters. The van der Waals surface area contributed by atoms with Crippen molar-refractivity contribution in [2.45, 2.75) is 6.54 Å². The zero-order chi connectivity index (χ0) is 21.9. The highest BCUT2D eigenvalue weighted by atomic mass is 32.1. The van der Waals surface area contributed by atoms with Crippen molar-refractivity contribution in [1.82, 2.24) is 24.5 Å². The van der Waals surface area contributed by atoms with Gasteiger partial charge in [0.15, 0.2) is 17.0 Å². The molecule has 160 valence electrons. The summed E-state index contributed by atoms with van der Waals surface area (Å²) in [6.45, 7) is 0.584. The number of anilines is 4. The van der Waals surface area contributed by atoms with E-state index in [1.165, 1.54) is 0 Å². The first-order valence-corrected chi connectivity index (χ1v) is 11.1. The van der Waals surface area contributed by atoms with Crippen LogP contribution >= 0.6 is 11.3 Å². The lowest BCUT2D eigenvalue weighted by molar-refractivity contribution is 1.06. The van der Waals surface area contributed by atoms with E-state index in [2.05, 4.69) is 43.0 Å². The Bertz CT molecular complexity index is 1330. The van der Waals surface area contributed by atoms with Gasteiger partial charge >= 0.3 is 0 Å². The molecule has 0 radical (unpaired) electrons. The van der Waals surface area contributed by atoms with Crippen molar-refractivity contribution >= 4 is 45.6 Å². The van der Waals surface area contributed by atoms with Crippen molar-refractivity contribution in [2.24, 2.45) is 0 Å². The average molecular weight is 443 g/mol. The molecule has 0 amide bonds. The van der Waals surface area contributed by atoms with Crippen molar-refractivity contribution in [2.75, 3.05) is 29.6 Å². The third-order valence-electron chi connectivity index (χ3n) is 4.98. The molecule has 8 nitrogen and oxygen atoms in total. The number of nitrogens with zero attached hydrogens (tertiary/aromatic N) is 6. The van der Waals surface area contributed by atoms with Crippen molar-refractivity contribution in [1.29, 1.82) is 0 Å². The first-order valence-electron chi connectivity index (χ1n) is 10.1. The van der Waals surface area contributed by atoms with Crippen LogP contribution < -0.4 is 15.5 Å². The van der Waals surface area contributed by atoms with Crippen molar-refractivity contribution in [3.63, 3.8) is 0 Å². The summed E-state index contributed by atoms with van der Waals surface area (Å²) in [6, 6.07) is 14.1. The summed E-state index contributed by atoms with van der Waals surface area (Å²) in [5, 5.41) is 10.9. The second-order valence-electron chi connectivity index (χ2n) is 7.45. The first-order chi connectivity index (χ1) is 15.7. The van der Waals surface area contributed by atoms with E-state index in [9.17, 15) is 0 Å². The molecule has 0 aliphatic carbocycles. The molecular formula is C23H22N8S. The van der Waals surface area contributed by atoms with E-state index in [1.807, 2.05) is 60.6 Å². The lowest BCUT2D eigenvalue weighted by atomic mass is 10.2. The number of fused-ring (bicyclic) bond motifs is 1. The molecule has 0 aliphatic rings. The van der Waals surface area contributed by atoms with Crippen LogP contribution in [0.1, 0.15) is 5.56 Å². The Morgan fingerprint density at radius 2 is 2.03 bits per heavy atom. The largest absolute Gasteiger partial charge is 0.378 e. The fourth-order valence-corrected chi connectivity index (χ4v) is 3.97. The Labute approximate surface area is 189 Å².